The zero-order valence-corrected chi connectivity index (χ0v) is 17.3. The van der Waals surface area contributed by atoms with E-state index in [-0.39, 0.29) is 0 Å². The average molecular weight is 395 g/mol. The first-order valence-corrected chi connectivity index (χ1v) is 11.3. The van der Waals surface area contributed by atoms with Crippen LogP contribution in [-0.2, 0) is 0 Å². The van der Waals surface area contributed by atoms with Gasteiger partial charge in [-0.25, -0.2) is 0 Å². The first-order chi connectivity index (χ1) is 14.2. The fraction of sp³-hybridized carbons (Fsp3) is 0.520. The molecule has 4 heteroatoms. The van der Waals surface area contributed by atoms with Gasteiger partial charge in [0, 0.05) is 37.6 Å². The van der Waals surface area contributed by atoms with Crippen molar-refractivity contribution in [2.75, 3.05) is 36.0 Å². The fourth-order valence-electron chi connectivity index (χ4n) is 4.98. The zero-order chi connectivity index (χ0) is 20.1. The second-order valence-electron chi connectivity index (χ2n) is 8.82. The topological polar surface area (TPSA) is 46.9 Å². The smallest absolute Gasteiger partial charge is 0.115 e. The van der Waals surface area contributed by atoms with Crippen molar-refractivity contribution < 1.29 is 10.2 Å². The first kappa shape index (κ1) is 19.9. The monoisotopic (exact) mass is 394 g/mol. The van der Waals surface area contributed by atoms with E-state index in [0.717, 1.165) is 38.0 Å². The minimum Gasteiger partial charge on any atom is -0.508 e. The second-order valence-corrected chi connectivity index (χ2v) is 8.82. The van der Waals surface area contributed by atoms with Crippen LogP contribution in [0.1, 0.15) is 44.9 Å². The Bertz CT molecular complexity index is 678. The van der Waals surface area contributed by atoms with Crippen LogP contribution in [0.25, 0.3) is 0 Å². The molecule has 2 fully saturated rings. The molecule has 0 bridgehead atoms. The van der Waals surface area contributed by atoms with Crippen LogP contribution in [0.5, 0.6) is 11.5 Å². The van der Waals surface area contributed by atoms with E-state index < -0.39 is 0 Å². The number of phenolic OH excluding ortho intramolecular Hbond substituents is 2. The van der Waals surface area contributed by atoms with E-state index in [1.807, 2.05) is 24.3 Å². The number of aromatic hydroxyl groups is 2. The summed E-state index contributed by atoms with van der Waals surface area (Å²) in [6.45, 7) is 4.56. The number of hydrogen-bond acceptors (Lipinski definition) is 4. The second kappa shape index (κ2) is 9.43. The molecule has 0 aromatic heterocycles. The molecule has 4 rings (SSSR count). The molecule has 0 amide bonds. The fourth-order valence-corrected chi connectivity index (χ4v) is 4.98. The zero-order valence-electron chi connectivity index (χ0n) is 17.3. The van der Waals surface area contributed by atoms with Gasteiger partial charge >= 0.3 is 0 Å². The maximum atomic E-state index is 9.45. The quantitative estimate of drug-likeness (QED) is 0.688. The van der Waals surface area contributed by atoms with Crippen LogP contribution in [0, 0.1) is 11.8 Å². The molecule has 0 unspecified atom stereocenters. The molecule has 2 saturated heterocycles. The van der Waals surface area contributed by atoms with Gasteiger partial charge < -0.3 is 20.0 Å². The average Bonchev–Trinajstić information content (AvgIpc) is 2.76. The molecule has 156 valence electrons. The third kappa shape index (κ3) is 5.37. The lowest BCUT2D eigenvalue weighted by molar-refractivity contribution is 0.325. The molecule has 4 nitrogen and oxygen atoms in total. The van der Waals surface area contributed by atoms with Crippen molar-refractivity contribution in [3.05, 3.63) is 48.5 Å². The number of phenols is 2. The molecule has 2 aromatic carbocycles. The Balaban J connectivity index is 1.13. The molecule has 2 aliphatic heterocycles. The Kier molecular flexibility index (Phi) is 6.48. The normalized spacial score (nSPS) is 18.9. The molecule has 0 atom stereocenters. The summed E-state index contributed by atoms with van der Waals surface area (Å²) in [6.07, 6.45) is 9.29. The van der Waals surface area contributed by atoms with Crippen LogP contribution < -0.4 is 9.80 Å². The lowest BCUT2D eigenvalue weighted by atomic mass is 9.86. The Hall–Kier alpha value is -2.36. The van der Waals surface area contributed by atoms with Gasteiger partial charge in [-0.05, 0) is 86.1 Å². The predicted octanol–water partition coefficient (Wildman–Crippen LogP) is 5.40. The van der Waals surface area contributed by atoms with Crippen molar-refractivity contribution in [3.8, 4) is 11.5 Å². The maximum absolute atomic E-state index is 9.45. The highest BCUT2D eigenvalue weighted by Gasteiger charge is 2.22. The largest absolute Gasteiger partial charge is 0.508 e. The predicted molar refractivity (Wildman–Crippen MR) is 120 cm³/mol. The van der Waals surface area contributed by atoms with E-state index >= 15 is 0 Å². The van der Waals surface area contributed by atoms with Crippen molar-refractivity contribution in [2.24, 2.45) is 11.8 Å². The SMILES string of the molecule is Oc1ccc(N2CCC(CCCC3CCN(c4ccc(O)cc4)CC3)CC2)cc1. The van der Waals surface area contributed by atoms with Crippen molar-refractivity contribution in [1.82, 2.24) is 0 Å². The summed E-state index contributed by atoms with van der Waals surface area (Å²) >= 11 is 0. The molecule has 0 spiro atoms. The molecule has 0 aliphatic carbocycles. The van der Waals surface area contributed by atoms with Crippen LogP contribution in [0.3, 0.4) is 0 Å². The van der Waals surface area contributed by atoms with Crippen LogP contribution in [0.15, 0.2) is 48.5 Å². The van der Waals surface area contributed by atoms with Gasteiger partial charge in [-0.1, -0.05) is 19.3 Å². The third-order valence-electron chi connectivity index (χ3n) is 6.88. The Morgan fingerprint density at radius 3 is 1.28 bits per heavy atom. The van der Waals surface area contributed by atoms with Crippen LogP contribution in [0.2, 0.25) is 0 Å². The Labute approximate surface area is 174 Å². The highest BCUT2D eigenvalue weighted by Crippen LogP contribution is 2.31. The van der Waals surface area contributed by atoms with Crippen LogP contribution in [-0.4, -0.2) is 36.4 Å². The van der Waals surface area contributed by atoms with E-state index in [1.54, 1.807) is 24.3 Å². The lowest BCUT2D eigenvalue weighted by Crippen LogP contribution is -2.34. The number of rotatable bonds is 6. The summed E-state index contributed by atoms with van der Waals surface area (Å²) in [5.74, 6) is 2.44. The maximum Gasteiger partial charge on any atom is 0.115 e. The minimum absolute atomic E-state index is 0.345. The van der Waals surface area contributed by atoms with Crippen molar-refractivity contribution in [3.63, 3.8) is 0 Å². The van der Waals surface area contributed by atoms with Gasteiger partial charge in [0.1, 0.15) is 11.5 Å². The number of nitrogens with zero attached hydrogens (tertiary/aromatic N) is 2. The number of hydrogen-bond donors (Lipinski definition) is 2. The molecular weight excluding hydrogens is 360 g/mol. The van der Waals surface area contributed by atoms with Crippen molar-refractivity contribution >= 4 is 11.4 Å². The van der Waals surface area contributed by atoms with Gasteiger partial charge in [0.25, 0.3) is 0 Å². The summed E-state index contributed by atoms with van der Waals surface area (Å²) in [7, 11) is 0. The molecule has 0 radical (unpaired) electrons. The summed E-state index contributed by atoms with van der Waals surface area (Å²) in [5, 5.41) is 18.9. The molecule has 2 aromatic rings. The summed E-state index contributed by atoms with van der Waals surface area (Å²) in [4.78, 5) is 4.91. The van der Waals surface area contributed by atoms with E-state index in [1.165, 1.54) is 56.3 Å². The van der Waals surface area contributed by atoms with E-state index in [2.05, 4.69) is 9.80 Å². The molecule has 0 saturated carbocycles. The van der Waals surface area contributed by atoms with Crippen LogP contribution in [0.4, 0.5) is 11.4 Å². The van der Waals surface area contributed by atoms with Crippen molar-refractivity contribution in [1.29, 1.82) is 0 Å². The highest BCUT2D eigenvalue weighted by molar-refractivity contribution is 5.49. The number of benzene rings is 2. The standard InChI is InChI=1S/C25H34N2O2/c28-24-8-4-22(5-9-24)26-16-12-20(13-17-26)2-1-3-21-14-18-27(19-15-21)23-6-10-25(29)11-7-23/h4-11,20-21,28-29H,1-3,12-19H2. The molecule has 2 heterocycles. The van der Waals surface area contributed by atoms with Gasteiger partial charge in [-0.3, -0.25) is 0 Å². The minimum atomic E-state index is 0.345. The van der Waals surface area contributed by atoms with Gasteiger partial charge in [0.2, 0.25) is 0 Å². The Morgan fingerprint density at radius 2 is 0.931 bits per heavy atom. The number of piperidine rings is 2. The van der Waals surface area contributed by atoms with E-state index in [0.29, 0.717) is 11.5 Å². The molecule has 2 N–H and O–H groups in total. The summed E-state index contributed by atoms with van der Waals surface area (Å²) in [6, 6.07) is 15.3. The highest BCUT2D eigenvalue weighted by atomic mass is 16.3. The van der Waals surface area contributed by atoms with Gasteiger partial charge in [0.05, 0.1) is 0 Å². The van der Waals surface area contributed by atoms with Crippen molar-refractivity contribution in [2.45, 2.75) is 44.9 Å². The summed E-state index contributed by atoms with van der Waals surface area (Å²) < 4.78 is 0. The van der Waals surface area contributed by atoms with Crippen LogP contribution >= 0.6 is 0 Å². The number of anilines is 2. The molecular formula is C25H34N2O2. The van der Waals surface area contributed by atoms with Gasteiger partial charge in [0.15, 0.2) is 0 Å². The molecule has 2 aliphatic rings. The Morgan fingerprint density at radius 1 is 0.586 bits per heavy atom. The van der Waals surface area contributed by atoms with Gasteiger partial charge in [-0.15, -0.1) is 0 Å². The van der Waals surface area contributed by atoms with E-state index in [9.17, 15) is 10.2 Å². The summed E-state index contributed by atoms with van der Waals surface area (Å²) in [5.41, 5.74) is 2.48. The first-order valence-electron chi connectivity index (χ1n) is 11.3. The van der Waals surface area contributed by atoms with Gasteiger partial charge in [-0.2, -0.15) is 0 Å². The molecule has 29 heavy (non-hydrogen) atoms. The lowest BCUT2D eigenvalue weighted by Gasteiger charge is -2.35. The third-order valence-corrected chi connectivity index (χ3v) is 6.88. The van der Waals surface area contributed by atoms with E-state index in [4.69, 9.17) is 0 Å².